The molecular formula is C38H55N3O11S. The van der Waals surface area contributed by atoms with Crippen molar-refractivity contribution >= 4 is 42.8 Å². The fourth-order valence-corrected chi connectivity index (χ4v) is 4.60. The zero-order chi connectivity index (χ0) is 40.0. The normalized spacial score (nSPS) is 12.0. The summed E-state index contributed by atoms with van der Waals surface area (Å²) < 4.78 is 39.2. The van der Waals surface area contributed by atoms with Crippen molar-refractivity contribution in [3.8, 4) is 17.2 Å². The summed E-state index contributed by atoms with van der Waals surface area (Å²) in [5.41, 5.74) is -1.66. The molecule has 0 aliphatic heterocycles. The van der Waals surface area contributed by atoms with Gasteiger partial charge in [-0.25, -0.2) is 29.0 Å². The number of rotatable bonds is 13. The largest absolute Gasteiger partial charge is 0.493 e. The molecule has 0 fully saturated rings. The summed E-state index contributed by atoms with van der Waals surface area (Å²) in [5, 5.41) is 0. The van der Waals surface area contributed by atoms with Gasteiger partial charge in [0, 0.05) is 18.8 Å². The first-order valence-electron chi connectivity index (χ1n) is 17.2. The van der Waals surface area contributed by atoms with E-state index in [1.807, 2.05) is 30.3 Å². The second-order valence-corrected chi connectivity index (χ2v) is 15.2. The number of unbranched alkanes of at least 4 members (excludes halogenated alkanes) is 1. The molecule has 3 amide bonds. The van der Waals surface area contributed by atoms with Gasteiger partial charge >= 0.3 is 24.2 Å². The average Bonchev–Trinajstić information content (AvgIpc) is 3.04. The summed E-state index contributed by atoms with van der Waals surface area (Å²) in [5.74, 6) is 0.0423. The van der Waals surface area contributed by atoms with E-state index < -0.39 is 41.1 Å². The van der Waals surface area contributed by atoms with Crippen LogP contribution in [-0.4, -0.2) is 96.5 Å². The van der Waals surface area contributed by atoms with Crippen molar-refractivity contribution in [1.82, 2.24) is 9.80 Å². The number of thiol groups is 1. The Morgan fingerprint density at radius 2 is 1.23 bits per heavy atom. The number of aliphatic imine (C=N–C) groups is 1. The Kier molecular flexibility index (Phi) is 16.8. The van der Waals surface area contributed by atoms with Crippen molar-refractivity contribution in [2.45, 2.75) is 98.6 Å². The van der Waals surface area contributed by atoms with Crippen molar-refractivity contribution in [2.24, 2.45) is 4.99 Å². The summed E-state index contributed by atoms with van der Waals surface area (Å²) in [6, 6.07) is 12.6. The first-order valence-corrected chi connectivity index (χ1v) is 17.8. The molecule has 0 atom stereocenters. The molecule has 0 bridgehead atoms. The van der Waals surface area contributed by atoms with Crippen LogP contribution in [-0.2, 0) is 25.6 Å². The lowest BCUT2D eigenvalue weighted by Crippen LogP contribution is -2.53. The number of guanidine groups is 1. The third kappa shape index (κ3) is 15.9. The van der Waals surface area contributed by atoms with E-state index >= 15 is 0 Å². The third-order valence-electron chi connectivity index (χ3n) is 6.55. The second kappa shape index (κ2) is 20.0. The van der Waals surface area contributed by atoms with Gasteiger partial charge in [0.05, 0.1) is 26.4 Å². The van der Waals surface area contributed by atoms with E-state index in [4.69, 9.17) is 33.2 Å². The lowest BCUT2D eigenvalue weighted by Gasteiger charge is -2.34. The molecule has 294 valence electrons. The molecule has 0 aromatic heterocycles. The highest BCUT2D eigenvalue weighted by atomic mass is 32.1. The number of hydrogen-bond acceptors (Lipinski definition) is 12. The van der Waals surface area contributed by atoms with Gasteiger partial charge < -0.3 is 33.2 Å². The number of benzene rings is 2. The van der Waals surface area contributed by atoms with E-state index in [0.717, 1.165) is 15.4 Å². The van der Waals surface area contributed by atoms with Gasteiger partial charge in [-0.1, -0.05) is 30.3 Å². The van der Waals surface area contributed by atoms with Crippen molar-refractivity contribution in [2.75, 3.05) is 39.7 Å². The van der Waals surface area contributed by atoms with E-state index in [9.17, 15) is 19.2 Å². The van der Waals surface area contributed by atoms with Gasteiger partial charge in [0.1, 0.15) is 23.4 Å². The van der Waals surface area contributed by atoms with Crippen LogP contribution in [0.4, 0.5) is 14.4 Å². The number of esters is 1. The Morgan fingerprint density at radius 3 is 1.70 bits per heavy atom. The molecule has 15 heteroatoms. The molecule has 0 aliphatic carbocycles. The second-order valence-electron chi connectivity index (χ2n) is 14.7. The molecule has 0 saturated carbocycles. The third-order valence-corrected chi connectivity index (χ3v) is 6.75. The number of ether oxygens (including phenoxy) is 7. The Morgan fingerprint density at radius 1 is 0.717 bits per heavy atom. The van der Waals surface area contributed by atoms with Crippen LogP contribution in [0.15, 0.2) is 47.5 Å². The molecule has 0 aliphatic rings. The van der Waals surface area contributed by atoms with Crippen LogP contribution in [0.3, 0.4) is 0 Å². The van der Waals surface area contributed by atoms with Gasteiger partial charge in [0.15, 0.2) is 11.5 Å². The van der Waals surface area contributed by atoms with Crippen molar-refractivity contribution < 1.29 is 52.3 Å². The van der Waals surface area contributed by atoms with Crippen LogP contribution >= 0.6 is 12.6 Å². The maximum atomic E-state index is 13.7. The Bertz CT molecular complexity index is 1540. The van der Waals surface area contributed by atoms with Crippen LogP contribution in [0, 0.1) is 0 Å². The number of methoxy groups -OCH3 is 2. The van der Waals surface area contributed by atoms with Gasteiger partial charge in [-0.05, 0) is 92.9 Å². The van der Waals surface area contributed by atoms with Crippen LogP contribution in [0.5, 0.6) is 17.2 Å². The number of carbonyl (C=O) groups is 4. The predicted molar refractivity (Wildman–Crippen MR) is 203 cm³/mol. The minimum Gasteiger partial charge on any atom is -0.493 e. The minimum atomic E-state index is -1.04. The highest BCUT2D eigenvalue weighted by Gasteiger charge is 2.35. The van der Waals surface area contributed by atoms with E-state index in [2.05, 4.69) is 17.6 Å². The molecule has 0 radical (unpaired) electrons. The van der Waals surface area contributed by atoms with Crippen molar-refractivity contribution in [3.63, 3.8) is 0 Å². The number of hydrogen-bond donors (Lipinski definition) is 1. The number of amides is 3. The zero-order valence-corrected chi connectivity index (χ0v) is 33.7. The molecule has 2 aromatic rings. The Hall–Kier alpha value is -4.66. The highest BCUT2D eigenvalue weighted by molar-refractivity contribution is 7.80. The summed E-state index contributed by atoms with van der Waals surface area (Å²) in [7, 11) is 2.91. The van der Waals surface area contributed by atoms with Gasteiger partial charge in [0.25, 0.3) is 0 Å². The summed E-state index contributed by atoms with van der Waals surface area (Å²) in [6.07, 6.45) is -2.26. The number of carbonyl (C=O) groups excluding carboxylic acids is 4. The molecule has 0 saturated heterocycles. The lowest BCUT2D eigenvalue weighted by molar-refractivity contribution is 0.0271. The molecule has 2 aromatic carbocycles. The summed E-state index contributed by atoms with van der Waals surface area (Å²) >= 11 is 4.29. The highest BCUT2D eigenvalue weighted by Crippen LogP contribution is 2.39. The lowest BCUT2D eigenvalue weighted by atomic mass is 10.1. The molecule has 2 rings (SSSR count). The van der Waals surface area contributed by atoms with Crippen molar-refractivity contribution in [3.05, 3.63) is 53.6 Å². The quantitative estimate of drug-likeness (QED) is 0.0529. The molecule has 0 spiro atoms. The Balaban J connectivity index is 2.31. The summed E-state index contributed by atoms with van der Waals surface area (Å²) in [6.45, 7) is 15.1. The Labute approximate surface area is 318 Å². The van der Waals surface area contributed by atoms with Gasteiger partial charge in [0.2, 0.25) is 11.7 Å². The van der Waals surface area contributed by atoms with Crippen LogP contribution in [0.1, 0.15) is 91.1 Å². The number of nitrogens with zero attached hydrogens (tertiary/aromatic N) is 3. The zero-order valence-electron chi connectivity index (χ0n) is 32.8. The fourth-order valence-electron chi connectivity index (χ4n) is 4.40. The van der Waals surface area contributed by atoms with Gasteiger partial charge in [-0.2, -0.15) is 12.6 Å². The molecule has 0 N–H and O–H groups in total. The molecule has 14 nitrogen and oxygen atoms in total. The molecule has 53 heavy (non-hydrogen) atoms. The van der Waals surface area contributed by atoms with E-state index in [0.29, 0.717) is 5.75 Å². The smallest absolute Gasteiger partial charge is 0.437 e. The van der Waals surface area contributed by atoms with E-state index in [1.54, 1.807) is 62.3 Å². The predicted octanol–water partition coefficient (Wildman–Crippen LogP) is 7.91. The standard InChI is InChI=1S/C38H55N3O11S/c1-36(2,3)50-33(43)39-32(41(20-22-53)35(45)52-38(7,8)9)40(34(44)51-37(4,5)6)19-15-16-21-48-31(42)27-23-28(46-10)30(29(24-27)47-11)49-25-26-17-13-12-14-18-26/h12-14,17-18,23-24,53H,15-16,19-22,25H2,1-11H3/b39-32+. The van der Waals surface area contributed by atoms with Crippen molar-refractivity contribution in [1.29, 1.82) is 0 Å². The monoisotopic (exact) mass is 761 g/mol. The molecular weight excluding hydrogens is 706 g/mol. The van der Waals surface area contributed by atoms with E-state index in [-0.39, 0.29) is 67.9 Å². The van der Waals surface area contributed by atoms with Crippen LogP contribution in [0.25, 0.3) is 0 Å². The minimum absolute atomic E-state index is 0.0388. The average molecular weight is 762 g/mol. The maximum Gasteiger partial charge on any atom is 0.437 e. The first kappa shape index (κ1) is 44.5. The van der Waals surface area contributed by atoms with Crippen LogP contribution in [0.2, 0.25) is 0 Å². The molecule has 0 unspecified atom stereocenters. The topological polar surface area (TPSA) is 152 Å². The van der Waals surface area contributed by atoms with Gasteiger partial charge in [-0.15, -0.1) is 4.99 Å². The van der Waals surface area contributed by atoms with E-state index in [1.165, 1.54) is 26.4 Å². The molecule has 0 heterocycles. The SMILES string of the molecule is COc1cc(C(=O)OCCCCN(C(=O)OC(C)(C)C)/C(=N\C(=O)OC(C)(C)C)N(CCS)C(=O)OC(C)(C)C)cc(OC)c1OCc1ccccc1. The van der Waals surface area contributed by atoms with Gasteiger partial charge in [-0.3, -0.25) is 0 Å². The first-order chi connectivity index (χ1) is 24.7. The fraction of sp³-hybridized carbons (Fsp3) is 0.553. The summed E-state index contributed by atoms with van der Waals surface area (Å²) in [4.78, 5) is 59.5. The van der Waals surface area contributed by atoms with Crippen LogP contribution < -0.4 is 14.2 Å². The maximum absolute atomic E-state index is 13.7.